The van der Waals surface area contributed by atoms with Gasteiger partial charge in [0.25, 0.3) is 0 Å². The molecule has 6 heteroatoms. The predicted molar refractivity (Wildman–Crippen MR) is 68.2 cm³/mol. The van der Waals surface area contributed by atoms with Crippen molar-refractivity contribution in [3.8, 4) is 0 Å². The van der Waals surface area contributed by atoms with Crippen molar-refractivity contribution in [1.82, 2.24) is 4.98 Å². The van der Waals surface area contributed by atoms with Gasteiger partial charge in [0, 0.05) is 13.6 Å². The number of aliphatic hydroxyl groups is 1. The van der Waals surface area contributed by atoms with Crippen LogP contribution in [0.2, 0.25) is 5.15 Å². The lowest BCUT2D eigenvalue weighted by atomic mass is 9.82. The highest BCUT2D eigenvalue weighted by molar-refractivity contribution is 6.29. The first kappa shape index (κ1) is 13.1. The van der Waals surface area contributed by atoms with Gasteiger partial charge in [0.05, 0.1) is 11.7 Å². The highest BCUT2D eigenvalue weighted by Crippen LogP contribution is 2.29. The molecule has 2 rings (SSSR count). The number of aromatic nitrogens is 1. The fourth-order valence-electron chi connectivity index (χ4n) is 2.13. The fourth-order valence-corrected chi connectivity index (χ4v) is 2.34. The highest BCUT2D eigenvalue weighted by Gasteiger charge is 2.28. The number of rotatable bonds is 4. The molecule has 0 saturated heterocycles. The van der Waals surface area contributed by atoms with E-state index < -0.39 is 5.97 Å². The molecule has 1 aromatic heterocycles. The summed E-state index contributed by atoms with van der Waals surface area (Å²) in [6, 6.07) is 2.83. The number of pyridine rings is 1. The van der Waals surface area contributed by atoms with Crippen LogP contribution >= 0.6 is 11.6 Å². The lowest BCUT2D eigenvalue weighted by Crippen LogP contribution is -2.37. The van der Waals surface area contributed by atoms with E-state index in [0.29, 0.717) is 11.7 Å². The van der Waals surface area contributed by atoms with Gasteiger partial charge in [-0.1, -0.05) is 11.6 Å². The quantitative estimate of drug-likeness (QED) is 0.814. The molecule has 2 N–H and O–H groups in total. The lowest BCUT2D eigenvalue weighted by Gasteiger charge is -2.34. The van der Waals surface area contributed by atoms with Crippen LogP contribution in [-0.2, 0) is 0 Å². The summed E-state index contributed by atoms with van der Waals surface area (Å²) in [5.74, 6) is -0.0478. The second kappa shape index (κ2) is 5.12. The Kier molecular flexibility index (Phi) is 3.73. The summed E-state index contributed by atoms with van der Waals surface area (Å²) in [4.78, 5) is 16.9. The third kappa shape index (κ3) is 2.91. The molecule has 0 unspecified atom stereocenters. The van der Waals surface area contributed by atoms with Gasteiger partial charge in [-0.15, -0.1) is 0 Å². The highest BCUT2D eigenvalue weighted by atomic mass is 35.5. The van der Waals surface area contributed by atoms with Crippen LogP contribution in [0, 0.1) is 5.92 Å². The van der Waals surface area contributed by atoms with Gasteiger partial charge in [-0.3, -0.25) is 0 Å². The number of halogens is 1. The maximum Gasteiger partial charge on any atom is 0.335 e. The summed E-state index contributed by atoms with van der Waals surface area (Å²) in [6.07, 6.45) is 1.39. The van der Waals surface area contributed by atoms with Crippen LogP contribution in [0.25, 0.3) is 0 Å². The third-order valence-corrected chi connectivity index (χ3v) is 3.36. The van der Waals surface area contributed by atoms with E-state index in [1.54, 1.807) is 0 Å². The van der Waals surface area contributed by atoms with Gasteiger partial charge in [-0.2, -0.15) is 0 Å². The zero-order valence-corrected chi connectivity index (χ0v) is 10.8. The molecule has 0 amide bonds. The Labute approximate surface area is 110 Å². The Balaban J connectivity index is 2.09. The maximum atomic E-state index is 10.9. The number of hydrogen-bond donors (Lipinski definition) is 2. The summed E-state index contributed by atoms with van der Waals surface area (Å²) in [5.41, 5.74) is 0.130. The molecular weight excluding hydrogens is 256 g/mol. The number of nitrogens with zero attached hydrogens (tertiary/aromatic N) is 2. The predicted octanol–water partition coefficient (Wildman–Crippen LogP) is 1.64. The van der Waals surface area contributed by atoms with Crippen LogP contribution in [-0.4, -0.2) is 40.9 Å². The van der Waals surface area contributed by atoms with E-state index in [4.69, 9.17) is 16.7 Å². The van der Waals surface area contributed by atoms with Crippen LogP contribution in [0.5, 0.6) is 0 Å². The van der Waals surface area contributed by atoms with Crippen molar-refractivity contribution in [2.75, 3.05) is 18.5 Å². The molecule has 0 aromatic carbocycles. The first-order valence-electron chi connectivity index (χ1n) is 5.76. The Morgan fingerprint density at radius 1 is 1.56 bits per heavy atom. The van der Waals surface area contributed by atoms with Gasteiger partial charge >= 0.3 is 5.97 Å². The standard InChI is InChI=1S/C12H15ClN2O3/c1-15(6-7-2-9(16)3-7)11-5-8(12(17)18)4-10(13)14-11/h4-5,7,9,16H,2-3,6H2,1H3,(H,17,18). The summed E-state index contributed by atoms with van der Waals surface area (Å²) in [5, 5.41) is 18.4. The monoisotopic (exact) mass is 270 g/mol. The van der Waals surface area contributed by atoms with Crippen molar-refractivity contribution >= 4 is 23.4 Å². The fraction of sp³-hybridized carbons (Fsp3) is 0.500. The minimum atomic E-state index is -1.02. The molecule has 1 heterocycles. The lowest BCUT2D eigenvalue weighted by molar-refractivity contribution is 0.0464. The number of anilines is 1. The van der Waals surface area contributed by atoms with Crippen molar-refractivity contribution in [3.05, 3.63) is 22.8 Å². The summed E-state index contributed by atoms with van der Waals surface area (Å²) >= 11 is 5.80. The third-order valence-electron chi connectivity index (χ3n) is 3.16. The zero-order chi connectivity index (χ0) is 13.3. The largest absolute Gasteiger partial charge is 0.478 e. The molecule has 0 radical (unpaired) electrons. The molecular formula is C12H15ClN2O3. The summed E-state index contributed by atoms with van der Waals surface area (Å²) in [6.45, 7) is 0.740. The maximum absolute atomic E-state index is 10.9. The van der Waals surface area contributed by atoms with Gasteiger partial charge in [-0.05, 0) is 30.9 Å². The number of carboxylic acids is 1. The van der Waals surface area contributed by atoms with Crippen molar-refractivity contribution in [2.24, 2.45) is 5.92 Å². The van der Waals surface area contributed by atoms with Gasteiger partial charge in [-0.25, -0.2) is 9.78 Å². The molecule has 1 aromatic rings. The second-order valence-electron chi connectivity index (χ2n) is 4.71. The first-order valence-corrected chi connectivity index (χ1v) is 6.13. The molecule has 1 saturated carbocycles. The van der Waals surface area contributed by atoms with E-state index in [9.17, 15) is 9.90 Å². The summed E-state index contributed by atoms with van der Waals surface area (Å²) < 4.78 is 0. The molecule has 1 fully saturated rings. The number of aromatic carboxylic acids is 1. The Morgan fingerprint density at radius 3 is 2.78 bits per heavy atom. The second-order valence-corrected chi connectivity index (χ2v) is 5.10. The average molecular weight is 271 g/mol. The summed E-state index contributed by atoms with van der Waals surface area (Å²) in [7, 11) is 1.84. The van der Waals surface area contributed by atoms with Crippen LogP contribution in [0.1, 0.15) is 23.2 Å². The number of hydrogen-bond acceptors (Lipinski definition) is 4. The van der Waals surface area contributed by atoms with E-state index >= 15 is 0 Å². The number of carbonyl (C=O) groups is 1. The number of aliphatic hydroxyl groups excluding tert-OH is 1. The molecule has 98 valence electrons. The molecule has 0 atom stereocenters. The Hall–Kier alpha value is -1.33. The Bertz CT molecular complexity index is 461. The SMILES string of the molecule is CN(CC1CC(O)C1)c1cc(C(=O)O)cc(Cl)n1. The zero-order valence-electron chi connectivity index (χ0n) is 10.0. The van der Waals surface area contributed by atoms with E-state index in [1.165, 1.54) is 12.1 Å². The van der Waals surface area contributed by atoms with Crippen molar-refractivity contribution in [3.63, 3.8) is 0 Å². The van der Waals surface area contributed by atoms with Gasteiger partial charge < -0.3 is 15.1 Å². The van der Waals surface area contributed by atoms with E-state index in [1.807, 2.05) is 11.9 Å². The van der Waals surface area contributed by atoms with Crippen molar-refractivity contribution in [2.45, 2.75) is 18.9 Å². The van der Waals surface area contributed by atoms with Crippen LogP contribution in [0.4, 0.5) is 5.82 Å². The molecule has 1 aliphatic carbocycles. The molecule has 0 bridgehead atoms. The van der Waals surface area contributed by atoms with E-state index in [2.05, 4.69) is 4.98 Å². The van der Waals surface area contributed by atoms with E-state index in [0.717, 1.165) is 19.4 Å². The molecule has 0 aliphatic heterocycles. The van der Waals surface area contributed by atoms with Crippen molar-refractivity contribution in [1.29, 1.82) is 0 Å². The van der Waals surface area contributed by atoms with Gasteiger partial charge in [0.1, 0.15) is 11.0 Å². The van der Waals surface area contributed by atoms with Crippen LogP contribution < -0.4 is 4.90 Å². The minimum absolute atomic E-state index is 0.130. The molecule has 1 aliphatic rings. The molecule has 5 nitrogen and oxygen atoms in total. The average Bonchev–Trinajstić information content (AvgIpc) is 2.26. The first-order chi connectivity index (χ1) is 8.45. The van der Waals surface area contributed by atoms with Gasteiger partial charge in [0.2, 0.25) is 0 Å². The molecule has 0 spiro atoms. The number of carboxylic acid groups (broad SMARTS) is 1. The van der Waals surface area contributed by atoms with E-state index in [-0.39, 0.29) is 16.8 Å². The van der Waals surface area contributed by atoms with Crippen LogP contribution in [0.15, 0.2) is 12.1 Å². The topological polar surface area (TPSA) is 73.7 Å². The minimum Gasteiger partial charge on any atom is -0.478 e. The molecule has 18 heavy (non-hydrogen) atoms. The van der Waals surface area contributed by atoms with Crippen molar-refractivity contribution < 1.29 is 15.0 Å². The smallest absolute Gasteiger partial charge is 0.335 e. The normalized spacial score (nSPS) is 22.4. The van der Waals surface area contributed by atoms with Crippen LogP contribution in [0.3, 0.4) is 0 Å². The van der Waals surface area contributed by atoms with Gasteiger partial charge in [0.15, 0.2) is 0 Å². The Morgan fingerprint density at radius 2 is 2.22 bits per heavy atom.